The van der Waals surface area contributed by atoms with E-state index in [0.717, 1.165) is 24.8 Å². The SMILES string of the molecule is CN=C(NCc1ccc(OC)c(F)c1)NC1CCc2cn(C(C)C)nc2C1.I. The average Bonchev–Trinajstić information content (AvgIpc) is 3.09. The highest BCUT2D eigenvalue weighted by atomic mass is 127. The second kappa shape index (κ2) is 10.1. The third-order valence-corrected chi connectivity index (χ3v) is 4.87. The highest BCUT2D eigenvalue weighted by Gasteiger charge is 2.23. The summed E-state index contributed by atoms with van der Waals surface area (Å²) < 4.78 is 20.8. The van der Waals surface area contributed by atoms with Crippen LogP contribution in [0.5, 0.6) is 5.75 Å². The fourth-order valence-electron chi connectivity index (χ4n) is 3.29. The number of benzene rings is 1. The molecular weight excluding hydrogens is 472 g/mol. The molecule has 0 radical (unpaired) electrons. The Balaban J connectivity index is 0.00000280. The maximum Gasteiger partial charge on any atom is 0.191 e. The summed E-state index contributed by atoms with van der Waals surface area (Å²) in [6, 6.07) is 5.61. The van der Waals surface area contributed by atoms with Crippen LogP contribution >= 0.6 is 24.0 Å². The molecule has 3 rings (SSSR count). The Kier molecular flexibility index (Phi) is 8.09. The first-order chi connectivity index (χ1) is 13.0. The van der Waals surface area contributed by atoms with Gasteiger partial charge in [-0.2, -0.15) is 5.10 Å². The van der Waals surface area contributed by atoms with Crippen LogP contribution < -0.4 is 15.4 Å². The van der Waals surface area contributed by atoms with Gasteiger partial charge in [0.25, 0.3) is 0 Å². The van der Waals surface area contributed by atoms with E-state index in [2.05, 4.69) is 35.7 Å². The Morgan fingerprint density at radius 3 is 2.86 bits per heavy atom. The molecule has 1 heterocycles. The van der Waals surface area contributed by atoms with Crippen LogP contribution in [0.3, 0.4) is 0 Å². The quantitative estimate of drug-likeness (QED) is 0.375. The summed E-state index contributed by atoms with van der Waals surface area (Å²) in [5.41, 5.74) is 3.34. The van der Waals surface area contributed by atoms with Crippen molar-refractivity contribution in [3.8, 4) is 5.75 Å². The van der Waals surface area contributed by atoms with Crippen LogP contribution in [0.2, 0.25) is 0 Å². The van der Waals surface area contributed by atoms with Crippen LogP contribution in [0.1, 0.15) is 43.1 Å². The molecule has 0 amide bonds. The molecule has 1 aromatic carbocycles. The van der Waals surface area contributed by atoms with Crippen molar-refractivity contribution in [1.82, 2.24) is 20.4 Å². The predicted molar refractivity (Wildman–Crippen MR) is 120 cm³/mol. The van der Waals surface area contributed by atoms with Crippen molar-refractivity contribution < 1.29 is 9.13 Å². The third-order valence-electron chi connectivity index (χ3n) is 4.87. The van der Waals surface area contributed by atoms with Crippen molar-refractivity contribution in [3.05, 3.63) is 47.0 Å². The van der Waals surface area contributed by atoms with Gasteiger partial charge in [-0.1, -0.05) is 6.07 Å². The molecule has 1 unspecified atom stereocenters. The molecule has 0 aliphatic heterocycles. The minimum atomic E-state index is -0.361. The number of hydrogen-bond acceptors (Lipinski definition) is 3. The second-order valence-electron chi connectivity index (χ2n) is 7.15. The number of rotatable bonds is 5. The van der Waals surface area contributed by atoms with E-state index in [4.69, 9.17) is 9.84 Å². The Hall–Kier alpha value is -1.84. The molecule has 2 aromatic rings. The van der Waals surface area contributed by atoms with Crippen LogP contribution in [0.15, 0.2) is 29.4 Å². The van der Waals surface area contributed by atoms with E-state index >= 15 is 0 Å². The minimum absolute atomic E-state index is 0. The lowest BCUT2D eigenvalue weighted by atomic mass is 9.94. The van der Waals surface area contributed by atoms with Crippen molar-refractivity contribution in [3.63, 3.8) is 0 Å². The fourth-order valence-corrected chi connectivity index (χ4v) is 3.29. The number of guanidine groups is 1. The van der Waals surface area contributed by atoms with E-state index in [0.29, 0.717) is 18.5 Å². The topological polar surface area (TPSA) is 63.5 Å². The zero-order valence-electron chi connectivity index (χ0n) is 16.8. The van der Waals surface area contributed by atoms with Gasteiger partial charge in [-0.15, -0.1) is 24.0 Å². The highest BCUT2D eigenvalue weighted by Crippen LogP contribution is 2.22. The van der Waals surface area contributed by atoms with E-state index in [-0.39, 0.29) is 41.6 Å². The number of nitrogens with one attached hydrogen (secondary N) is 2. The molecule has 0 bridgehead atoms. The number of hydrogen-bond donors (Lipinski definition) is 2. The van der Waals surface area contributed by atoms with E-state index in [1.807, 2.05) is 10.7 Å². The van der Waals surface area contributed by atoms with Crippen molar-refractivity contribution in [2.24, 2.45) is 4.99 Å². The Morgan fingerprint density at radius 2 is 2.21 bits per heavy atom. The van der Waals surface area contributed by atoms with E-state index < -0.39 is 0 Å². The molecule has 154 valence electrons. The number of ether oxygens (including phenoxy) is 1. The average molecular weight is 501 g/mol. The summed E-state index contributed by atoms with van der Waals surface area (Å²) in [5.74, 6) is 0.600. The van der Waals surface area contributed by atoms with Crippen molar-refractivity contribution in [1.29, 1.82) is 0 Å². The van der Waals surface area contributed by atoms with Crippen LogP contribution in [0.4, 0.5) is 4.39 Å². The number of aryl methyl sites for hydroxylation is 1. The van der Waals surface area contributed by atoms with Gasteiger partial charge in [0.15, 0.2) is 17.5 Å². The van der Waals surface area contributed by atoms with Gasteiger partial charge in [-0.05, 0) is 49.9 Å². The van der Waals surface area contributed by atoms with Crippen LogP contribution in [0, 0.1) is 5.82 Å². The van der Waals surface area contributed by atoms with E-state index in [1.165, 1.54) is 24.4 Å². The monoisotopic (exact) mass is 501 g/mol. The molecular formula is C20H29FIN5O. The van der Waals surface area contributed by atoms with E-state index in [1.54, 1.807) is 13.1 Å². The number of fused-ring (bicyclic) bond motifs is 1. The lowest BCUT2D eigenvalue weighted by molar-refractivity contribution is 0.386. The number of aromatic nitrogens is 2. The number of halogens is 2. The molecule has 1 aromatic heterocycles. The van der Waals surface area contributed by atoms with E-state index in [9.17, 15) is 4.39 Å². The van der Waals surface area contributed by atoms with Crippen molar-refractivity contribution in [2.45, 2.75) is 51.7 Å². The molecule has 6 nitrogen and oxygen atoms in total. The summed E-state index contributed by atoms with van der Waals surface area (Å²) in [6.45, 7) is 4.77. The van der Waals surface area contributed by atoms with Crippen LogP contribution in [0.25, 0.3) is 0 Å². The summed E-state index contributed by atoms with van der Waals surface area (Å²) in [7, 11) is 3.20. The maximum atomic E-state index is 13.8. The first-order valence-electron chi connectivity index (χ1n) is 9.36. The number of aliphatic imine (C=N–C) groups is 1. The van der Waals surface area contributed by atoms with Gasteiger partial charge in [0.1, 0.15) is 0 Å². The fraction of sp³-hybridized carbons (Fsp3) is 0.500. The first kappa shape index (κ1) is 22.4. The third kappa shape index (κ3) is 5.36. The minimum Gasteiger partial charge on any atom is -0.494 e. The molecule has 1 atom stereocenters. The second-order valence-corrected chi connectivity index (χ2v) is 7.15. The highest BCUT2D eigenvalue weighted by molar-refractivity contribution is 14.0. The predicted octanol–water partition coefficient (Wildman–Crippen LogP) is 3.45. The molecule has 0 saturated carbocycles. The van der Waals surface area contributed by atoms with Gasteiger partial charge in [-0.25, -0.2) is 4.39 Å². The standard InChI is InChI=1S/C20H28FN5O.HI/c1-13(2)26-12-15-6-7-16(10-18(15)25-26)24-20(22-3)23-11-14-5-8-19(27-4)17(21)9-14;/h5,8-9,12-13,16H,6-7,10-11H2,1-4H3,(H2,22,23,24);1H. The molecule has 1 aliphatic carbocycles. The molecule has 2 N–H and O–H groups in total. The first-order valence-corrected chi connectivity index (χ1v) is 9.36. The van der Waals surface area contributed by atoms with Crippen molar-refractivity contribution >= 4 is 29.9 Å². The summed E-state index contributed by atoms with van der Waals surface area (Å²) in [6.07, 6.45) is 5.10. The smallest absolute Gasteiger partial charge is 0.191 e. The number of methoxy groups -OCH3 is 1. The Labute approximate surface area is 183 Å². The zero-order chi connectivity index (χ0) is 19.4. The molecule has 0 spiro atoms. The molecule has 28 heavy (non-hydrogen) atoms. The Bertz CT molecular complexity index is 821. The molecule has 0 fully saturated rings. The van der Waals surface area contributed by atoms with Crippen molar-refractivity contribution in [2.75, 3.05) is 14.2 Å². The number of nitrogens with zero attached hydrogens (tertiary/aromatic N) is 3. The van der Waals surface area contributed by atoms with Crippen LogP contribution in [-0.2, 0) is 19.4 Å². The zero-order valence-corrected chi connectivity index (χ0v) is 19.2. The molecule has 8 heteroatoms. The van der Waals surface area contributed by atoms with Crippen LogP contribution in [-0.4, -0.2) is 35.9 Å². The van der Waals surface area contributed by atoms with Gasteiger partial charge in [0.05, 0.1) is 12.8 Å². The molecule has 0 saturated heterocycles. The molecule has 1 aliphatic rings. The largest absolute Gasteiger partial charge is 0.494 e. The maximum absolute atomic E-state index is 13.8. The summed E-state index contributed by atoms with van der Waals surface area (Å²) >= 11 is 0. The van der Waals surface area contributed by atoms with Gasteiger partial charge < -0.3 is 15.4 Å². The Morgan fingerprint density at radius 1 is 1.43 bits per heavy atom. The van der Waals surface area contributed by atoms with Gasteiger partial charge in [0.2, 0.25) is 0 Å². The van der Waals surface area contributed by atoms with Gasteiger partial charge in [0, 0.05) is 38.3 Å². The van der Waals surface area contributed by atoms with Gasteiger partial charge in [-0.3, -0.25) is 9.67 Å². The normalized spacial score (nSPS) is 16.4. The van der Waals surface area contributed by atoms with Gasteiger partial charge >= 0.3 is 0 Å². The lowest BCUT2D eigenvalue weighted by Gasteiger charge is -2.24. The summed E-state index contributed by atoms with van der Waals surface area (Å²) in [4.78, 5) is 4.29. The summed E-state index contributed by atoms with van der Waals surface area (Å²) in [5, 5.41) is 11.4. The lowest BCUT2D eigenvalue weighted by Crippen LogP contribution is -2.45.